The fraction of sp³-hybridized carbons (Fsp3) is 0.174. The smallest absolute Gasteiger partial charge is 0.246 e. The van der Waals surface area contributed by atoms with Crippen molar-refractivity contribution in [2.45, 2.75) is 6.54 Å². The number of nitrogens with one attached hydrogen (secondary N) is 1. The molecule has 5 nitrogen and oxygen atoms in total. The topological polar surface area (TPSA) is 56.8 Å². The van der Waals surface area contributed by atoms with E-state index in [1.807, 2.05) is 84.9 Å². The van der Waals surface area contributed by atoms with Gasteiger partial charge >= 0.3 is 0 Å². The molecular weight excluding hydrogens is 354 g/mol. The Morgan fingerprint density at radius 2 is 1.43 bits per heavy atom. The zero-order chi connectivity index (χ0) is 19.4. The monoisotopic (exact) mass is 377 g/mol. The Kier molecular flexibility index (Phi) is 7.46. The third-order valence-corrected chi connectivity index (χ3v) is 3.84. The van der Waals surface area contributed by atoms with Gasteiger partial charge in [0.15, 0.2) is 0 Å². The van der Waals surface area contributed by atoms with Crippen LogP contribution in [0.4, 0.5) is 0 Å². The first-order valence-electron chi connectivity index (χ1n) is 9.14. The van der Waals surface area contributed by atoms with Gasteiger partial charge in [0.25, 0.3) is 0 Å². The normalized spacial score (nSPS) is 10.3. The molecule has 0 aliphatic rings. The third-order valence-electron chi connectivity index (χ3n) is 3.84. The summed E-state index contributed by atoms with van der Waals surface area (Å²) in [6, 6.07) is 26.7. The maximum absolute atomic E-state index is 11.9. The molecule has 1 N–H and O–H groups in total. The van der Waals surface area contributed by atoms with E-state index in [0.717, 1.165) is 22.8 Å². The molecule has 28 heavy (non-hydrogen) atoms. The van der Waals surface area contributed by atoms with Crippen LogP contribution in [0.15, 0.2) is 84.9 Å². The minimum Gasteiger partial charge on any atom is -0.491 e. The summed E-state index contributed by atoms with van der Waals surface area (Å²) in [5.74, 6) is 2.12. The number of hydrogen-bond acceptors (Lipinski definition) is 4. The first kappa shape index (κ1) is 19.5. The van der Waals surface area contributed by atoms with E-state index in [9.17, 15) is 4.79 Å². The Hall–Kier alpha value is -3.31. The molecule has 0 aromatic heterocycles. The van der Waals surface area contributed by atoms with Gasteiger partial charge in [-0.05, 0) is 42.0 Å². The van der Waals surface area contributed by atoms with E-state index in [1.54, 1.807) is 0 Å². The summed E-state index contributed by atoms with van der Waals surface area (Å²) in [4.78, 5) is 11.9. The molecule has 0 aliphatic heterocycles. The molecule has 3 aromatic rings. The van der Waals surface area contributed by atoms with Crippen molar-refractivity contribution in [1.82, 2.24) is 5.32 Å². The zero-order valence-corrected chi connectivity index (χ0v) is 15.5. The summed E-state index contributed by atoms with van der Waals surface area (Å²) in [6.45, 7) is 1.16. The van der Waals surface area contributed by atoms with Crippen molar-refractivity contribution >= 4 is 5.91 Å². The van der Waals surface area contributed by atoms with Crippen LogP contribution in [0.1, 0.15) is 5.56 Å². The van der Waals surface area contributed by atoms with Crippen LogP contribution in [-0.4, -0.2) is 25.7 Å². The minimum absolute atomic E-state index is 0.00163. The molecule has 1 amide bonds. The maximum atomic E-state index is 11.9. The van der Waals surface area contributed by atoms with Crippen LogP contribution in [0.2, 0.25) is 0 Å². The first-order valence-corrected chi connectivity index (χ1v) is 9.14. The van der Waals surface area contributed by atoms with Gasteiger partial charge in [-0.15, -0.1) is 0 Å². The second-order valence-electron chi connectivity index (χ2n) is 6.05. The first-order chi connectivity index (χ1) is 13.8. The van der Waals surface area contributed by atoms with Crippen LogP contribution >= 0.6 is 0 Å². The van der Waals surface area contributed by atoms with E-state index in [4.69, 9.17) is 14.2 Å². The van der Waals surface area contributed by atoms with Gasteiger partial charge in [0, 0.05) is 6.54 Å². The van der Waals surface area contributed by atoms with Crippen LogP contribution in [0.5, 0.6) is 17.2 Å². The van der Waals surface area contributed by atoms with Crippen molar-refractivity contribution in [1.29, 1.82) is 0 Å². The molecule has 0 saturated heterocycles. The lowest BCUT2D eigenvalue weighted by Crippen LogP contribution is -2.27. The lowest BCUT2D eigenvalue weighted by Gasteiger charge is -2.09. The quantitative estimate of drug-likeness (QED) is 0.538. The molecule has 144 valence electrons. The number of rotatable bonds is 10. The van der Waals surface area contributed by atoms with Gasteiger partial charge in [-0.1, -0.05) is 48.5 Å². The number of hydrogen-bond donors (Lipinski definition) is 1. The summed E-state index contributed by atoms with van der Waals surface area (Å²) in [6.07, 6.45) is 0. The van der Waals surface area contributed by atoms with Gasteiger partial charge < -0.3 is 19.5 Å². The van der Waals surface area contributed by atoms with Crippen molar-refractivity contribution in [3.8, 4) is 17.2 Å². The highest BCUT2D eigenvalue weighted by molar-refractivity contribution is 5.77. The molecule has 0 spiro atoms. The predicted molar refractivity (Wildman–Crippen MR) is 108 cm³/mol. The maximum Gasteiger partial charge on any atom is 0.246 e. The molecule has 0 saturated carbocycles. The van der Waals surface area contributed by atoms with E-state index < -0.39 is 0 Å². The predicted octanol–water partition coefficient (Wildman–Crippen LogP) is 4.19. The summed E-state index contributed by atoms with van der Waals surface area (Å²) in [5, 5.41) is 2.84. The van der Waals surface area contributed by atoms with Crippen LogP contribution in [0.25, 0.3) is 0 Å². The van der Waals surface area contributed by atoms with Crippen molar-refractivity contribution in [2.24, 2.45) is 0 Å². The Labute approximate surface area is 164 Å². The van der Waals surface area contributed by atoms with Gasteiger partial charge in [-0.3, -0.25) is 4.79 Å². The molecule has 3 rings (SSSR count). The number of para-hydroxylation sites is 2. The molecule has 0 radical (unpaired) electrons. The molecule has 3 aromatic carbocycles. The molecule has 0 unspecified atom stereocenters. The van der Waals surface area contributed by atoms with Crippen molar-refractivity contribution in [3.63, 3.8) is 0 Å². The van der Waals surface area contributed by atoms with Gasteiger partial charge in [0.05, 0.1) is 6.61 Å². The molecule has 0 aliphatic carbocycles. The Morgan fingerprint density at radius 1 is 0.750 bits per heavy atom. The molecular formula is C23H23NO4. The van der Waals surface area contributed by atoms with E-state index in [0.29, 0.717) is 19.8 Å². The van der Waals surface area contributed by atoms with Crippen LogP contribution in [-0.2, 0) is 16.1 Å². The number of carbonyl (C=O) groups excluding carboxylic acids is 1. The van der Waals surface area contributed by atoms with Crippen molar-refractivity contribution < 1.29 is 19.0 Å². The highest BCUT2D eigenvalue weighted by Crippen LogP contribution is 2.21. The van der Waals surface area contributed by atoms with Gasteiger partial charge in [-0.2, -0.15) is 0 Å². The van der Waals surface area contributed by atoms with E-state index >= 15 is 0 Å². The zero-order valence-electron chi connectivity index (χ0n) is 15.5. The highest BCUT2D eigenvalue weighted by atomic mass is 16.5. The number of carbonyl (C=O) groups is 1. The SMILES string of the molecule is O=C(COCCOc1ccccc1)NCc1cccc(Oc2ccccc2)c1. The summed E-state index contributed by atoms with van der Waals surface area (Å²) < 4.78 is 16.7. The van der Waals surface area contributed by atoms with Crippen molar-refractivity contribution in [2.75, 3.05) is 19.8 Å². The third kappa shape index (κ3) is 6.78. The standard InChI is InChI=1S/C23H23NO4/c25-23(18-26-14-15-27-20-9-3-1-4-10-20)24-17-19-8-7-13-22(16-19)28-21-11-5-2-6-12-21/h1-13,16H,14-15,17-18H2,(H,24,25). The van der Waals surface area contributed by atoms with Gasteiger partial charge in [0.1, 0.15) is 30.5 Å². The largest absolute Gasteiger partial charge is 0.491 e. The van der Waals surface area contributed by atoms with Gasteiger partial charge in [0.2, 0.25) is 5.91 Å². The molecule has 5 heteroatoms. The van der Waals surface area contributed by atoms with Crippen LogP contribution in [0, 0.1) is 0 Å². The Morgan fingerprint density at radius 3 is 2.18 bits per heavy atom. The Balaban J connectivity index is 1.34. The van der Waals surface area contributed by atoms with Crippen LogP contribution < -0.4 is 14.8 Å². The highest BCUT2D eigenvalue weighted by Gasteiger charge is 2.03. The lowest BCUT2D eigenvalue weighted by molar-refractivity contribution is -0.126. The Bertz CT molecular complexity index is 853. The number of amides is 1. The lowest BCUT2D eigenvalue weighted by atomic mass is 10.2. The second kappa shape index (κ2) is 10.7. The van der Waals surface area contributed by atoms with Gasteiger partial charge in [-0.25, -0.2) is 0 Å². The van der Waals surface area contributed by atoms with E-state index in [-0.39, 0.29) is 12.5 Å². The molecule has 0 fully saturated rings. The van der Waals surface area contributed by atoms with Crippen molar-refractivity contribution in [3.05, 3.63) is 90.5 Å². The fourth-order valence-electron chi connectivity index (χ4n) is 2.50. The average molecular weight is 377 g/mol. The number of ether oxygens (including phenoxy) is 3. The van der Waals surface area contributed by atoms with E-state index in [1.165, 1.54) is 0 Å². The van der Waals surface area contributed by atoms with E-state index in [2.05, 4.69) is 5.32 Å². The summed E-state index contributed by atoms with van der Waals surface area (Å²) in [7, 11) is 0. The average Bonchev–Trinajstić information content (AvgIpc) is 2.74. The second-order valence-corrected chi connectivity index (χ2v) is 6.05. The molecule has 0 atom stereocenters. The molecule has 0 bridgehead atoms. The minimum atomic E-state index is -0.172. The summed E-state index contributed by atoms with van der Waals surface area (Å²) in [5.41, 5.74) is 0.953. The molecule has 0 heterocycles. The van der Waals surface area contributed by atoms with Crippen LogP contribution in [0.3, 0.4) is 0 Å². The summed E-state index contributed by atoms with van der Waals surface area (Å²) >= 11 is 0. The fourth-order valence-corrected chi connectivity index (χ4v) is 2.50. The number of benzene rings is 3.